The highest BCUT2D eigenvalue weighted by molar-refractivity contribution is 6.31. The Morgan fingerprint density at radius 1 is 1.03 bits per heavy atom. The van der Waals surface area contributed by atoms with Crippen molar-refractivity contribution >= 4 is 46.5 Å². The zero-order valence-electron chi connectivity index (χ0n) is 17.0. The minimum Gasteiger partial charge on any atom is -0.466 e. The summed E-state index contributed by atoms with van der Waals surface area (Å²) in [7, 11) is 0. The Hall–Kier alpha value is -3.22. The zero-order chi connectivity index (χ0) is 22.5. The Bertz CT molecular complexity index is 1220. The summed E-state index contributed by atoms with van der Waals surface area (Å²) >= 11 is 12.2. The van der Waals surface area contributed by atoms with Crippen LogP contribution in [-0.4, -0.2) is 17.7 Å². The molecule has 0 saturated carbocycles. The molecular weight excluding hydrogens is 449 g/mol. The van der Waals surface area contributed by atoms with Crippen LogP contribution in [0.1, 0.15) is 18.5 Å². The van der Waals surface area contributed by atoms with Gasteiger partial charge >= 0.3 is 6.03 Å². The first-order valence-corrected chi connectivity index (χ1v) is 10.8. The molecule has 5 rings (SSSR count). The van der Waals surface area contributed by atoms with Crippen LogP contribution in [0.3, 0.4) is 0 Å². The lowest BCUT2D eigenvalue weighted by Gasteiger charge is -2.54. The molecule has 2 bridgehead atoms. The lowest BCUT2D eigenvalue weighted by molar-refractivity contribution is -0.131. The summed E-state index contributed by atoms with van der Waals surface area (Å²) in [6.07, 6.45) is 0. The summed E-state index contributed by atoms with van der Waals surface area (Å²) in [5.74, 6) is -0.436. The van der Waals surface area contributed by atoms with E-state index in [1.165, 1.54) is 4.90 Å². The summed E-state index contributed by atoms with van der Waals surface area (Å²) < 4.78 is 6.40. The fourth-order valence-corrected chi connectivity index (χ4v) is 4.80. The lowest BCUT2D eigenvalue weighted by atomic mass is 9.78. The Morgan fingerprint density at radius 3 is 2.53 bits per heavy atom. The van der Waals surface area contributed by atoms with E-state index < -0.39 is 17.7 Å². The van der Waals surface area contributed by atoms with Gasteiger partial charge in [-0.15, -0.1) is 0 Å². The van der Waals surface area contributed by atoms with Crippen LogP contribution in [0.25, 0.3) is 0 Å². The van der Waals surface area contributed by atoms with E-state index in [1.54, 1.807) is 55.5 Å². The highest BCUT2D eigenvalue weighted by Gasteiger charge is 2.60. The first kappa shape index (κ1) is 20.7. The van der Waals surface area contributed by atoms with Crippen molar-refractivity contribution in [1.29, 1.82) is 0 Å². The molecule has 0 aliphatic carbocycles. The van der Waals surface area contributed by atoms with E-state index >= 15 is 0 Å². The molecule has 2 heterocycles. The van der Waals surface area contributed by atoms with Crippen LogP contribution in [0, 0.1) is 5.92 Å². The average Bonchev–Trinajstić information content (AvgIpc) is 2.74. The summed E-state index contributed by atoms with van der Waals surface area (Å²) in [6.45, 7) is 1.75. The number of nitrogens with zero attached hydrogens (tertiary/aromatic N) is 1. The number of anilines is 2. The largest absolute Gasteiger partial charge is 0.466 e. The van der Waals surface area contributed by atoms with E-state index in [0.29, 0.717) is 27.2 Å². The molecule has 8 heteroatoms. The number of urea groups is 1. The SMILES string of the molecule is CC12Oc3ccccc3C(NC(=O)N1c1cccc(Cl)c1)C2C(=O)Nc1ccc(Cl)cc1. The van der Waals surface area contributed by atoms with Crippen molar-refractivity contribution in [3.05, 3.63) is 88.4 Å². The van der Waals surface area contributed by atoms with Gasteiger partial charge in [-0.2, -0.15) is 0 Å². The van der Waals surface area contributed by atoms with E-state index in [-0.39, 0.29) is 11.9 Å². The number of amides is 3. The number of ether oxygens (including phenoxy) is 1. The van der Waals surface area contributed by atoms with Crippen molar-refractivity contribution < 1.29 is 14.3 Å². The minimum absolute atomic E-state index is 0.290. The monoisotopic (exact) mass is 467 g/mol. The topological polar surface area (TPSA) is 70.7 Å². The Kier molecular flexibility index (Phi) is 4.99. The first-order chi connectivity index (χ1) is 15.4. The van der Waals surface area contributed by atoms with Gasteiger partial charge in [0.15, 0.2) is 0 Å². The third kappa shape index (κ3) is 3.36. The third-order valence-electron chi connectivity index (χ3n) is 5.87. The van der Waals surface area contributed by atoms with Crippen molar-refractivity contribution in [3.63, 3.8) is 0 Å². The second-order valence-electron chi connectivity index (χ2n) is 7.91. The molecule has 0 aromatic heterocycles. The van der Waals surface area contributed by atoms with Crippen LogP contribution in [-0.2, 0) is 4.79 Å². The maximum Gasteiger partial charge on any atom is 0.325 e. The van der Waals surface area contributed by atoms with Crippen LogP contribution in [0.4, 0.5) is 16.2 Å². The molecule has 1 saturated heterocycles. The molecule has 3 amide bonds. The molecule has 2 aliphatic rings. The van der Waals surface area contributed by atoms with E-state index in [1.807, 2.05) is 24.3 Å². The maximum atomic E-state index is 13.6. The fraction of sp³-hybridized carbons (Fsp3) is 0.167. The van der Waals surface area contributed by atoms with Gasteiger partial charge in [-0.25, -0.2) is 4.79 Å². The summed E-state index contributed by atoms with van der Waals surface area (Å²) in [6, 6.07) is 20.2. The Morgan fingerprint density at radius 2 is 1.78 bits per heavy atom. The molecule has 3 atom stereocenters. The van der Waals surface area contributed by atoms with Crippen LogP contribution < -0.4 is 20.3 Å². The standard InChI is InChI=1S/C24H19Cl2N3O3/c1-24-20(22(30)27-16-11-9-14(25)10-12-16)21(18-7-2-3-8-19(18)32-24)28-23(31)29(24)17-6-4-5-15(26)13-17/h2-13,20-21H,1H3,(H,27,30)(H,28,31). The van der Waals surface area contributed by atoms with Crippen LogP contribution >= 0.6 is 23.2 Å². The molecule has 0 spiro atoms. The molecule has 0 radical (unpaired) electrons. The molecule has 6 nitrogen and oxygen atoms in total. The van der Waals surface area contributed by atoms with Gasteiger partial charge in [0.2, 0.25) is 11.6 Å². The number of nitrogens with one attached hydrogen (secondary N) is 2. The molecule has 2 N–H and O–H groups in total. The predicted octanol–water partition coefficient (Wildman–Crippen LogP) is 5.63. The third-order valence-corrected chi connectivity index (χ3v) is 6.35. The van der Waals surface area contributed by atoms with Crippen molar-refractivity contribution in [2.24, 2.45) is 5.92 Å². The van der Waals surface area contributed by atoms with Gasteiger partial charge in [-0.05, 0) is 55.5 Å². The summed E-state index contributed by atoms with van der Waals surface area (Å²) in [5, 5.41) is 6.99. The Labute approximate surface area is 195 Å². The number of rotatable bonds is 3. The van der Waals surface area contributed by atoms with Crippen LogP contribution in [0.15, 0.2) is 72.8 Å². The molecular formula is C24H19Cl2N3O3. The number of carbonyl (C=O) groups is 2. The van der Waals surface area contributed by atoms with E-state index in [4.69, 9.17) is 27.9 Å². The lowest BCUT2D eigenvalue weighted by Crippen LogP contribution is -2.72. The van der Waals surface area contributed by atoms with E-state index in [9.17, 15) is 9.59 Å². The summed E-state index contributed by atoms with van der Waals surface area (Å²) in [5.41, 5.74) is 0.572. The number of para-hydroxylation sites is 1. The number of hydrogen-bond acceptors (Lipinski definition) is 3. The van der Waals surface area contributed by atoms with Gasteiger partial charge in [-0.1, -0.05) is 47.5 Å². The predicted molar refractivity (Wildman–Crippen MR) is 124 cm³/mol. The zero-order valence-corrected chi connectivity index (χ0v) is 18.5. The highest BCUT2D eigenvalue weighted by atomic mass is 35.5. The van der Waals surface area contributed by atoms with Crippen molar-refractivity contribution in [1.82, 2.24) is 5.32 Å². The molecule has 3 aromatic carbocycles. The fourth-order valence-electron chi connectivity index (χ4n) is 4.49. The van der Waals surface area contributed by atoms with Gasteiger partial charge in [0, 0.05) is 21.3 Å². The summed E-state index contributed by atoms with van der Waals surface area (Å²) in [4.78, 5) is 28.3. The molecule has 3 aromatic rings. The quantitative estimate of drug-likeness (QED) is 0.524. The average molecular weight is 468 g/mol. The second kappa shape index (κ2) is 7.73. The highest BCUT2D eigenvalue weighted by Crippen LogP contribution is 2.49. The van der Waals surface area contributed by atoms with Gasteiger partial charge in [-0.3, -0.25) is 9.69 Å². The minimum atomic E-state index is -1.30. The van der Waals surface area contributed by atoms with Gasteiger partial charge < -0.3 is 15.4 Å². The molecule has 32 heavy (non-hydrogen) atoms. The van der Waals surface area contributed by atoms with Crippen molar-refractivity contribution in [2.45, 2.75) is 18.7 Å². The second-order valence-corrected chi connectivity index (χ2v) is 8.78. The van der Waals surface area contributed by atoms with Gasteiger partial charge in [0.05, 0.1) is 11.7 Å². The van der Waals surface area contributed by atoms with Gasteiger partial charge in [0.1, 0.15) is 11.7 Å². The number of fused-ring (bicyclic) bond motifs is 4. The van der Waals surface area contributed by atoms with E-state index in [2.05, 4.69) is 10.6 Å². The maximum absolute atomic E-state index is 13.6. The molecule has 3 unspecified atom stereocenters. The number of hydrogen-bond donors (Lipinski definition) is 2. The van der Waals surface area contributed by atoms with Crippen LogP contribution in [0.5, 0.6) is 5.75 Å². The Balaban J connectivity index is 1.61. The smallest absolute Gasteiger partial charge is 0.325 e. The molecule has 2 aliphatic heterocycles. The van der Waals surface area contributed by atoms with E-state index in [0.717, 1.165) is 5.56 Å². The first-order valence-electron chi connectivity index (χ1n) is 10.1. The van der Waals surface area contributed by atoms with Crippen molar-refractivity contribution in [3.8, 4) is 5.75 Å². The molecule has 162 valence electrons. The van der Waals surface area contributed by atoms with Gasteiger partial charge in [0.25, 0.3) is 0 Å². The normalized spacial score (nSPS) is 23.6. The number of carbonyl (C=O) groups excluding carboxylic acids is 2. The molecule has 1 fully saturated rings. The number of halogens is 2. The van der Waals surface area contributed by atoms with Crippen LogP contribution in [0.2, 0.25) is 10.0 Å². The van der Waals surface area contributed by atoms with Crippen molar-refractivity contribution in [2.75, 3.05) is 10.2 Å². The number of benzene rings is 3.